The van der Waals surface area contributed by atoms with Gasteiger partial charge in [-0.25, -0.2) is 12.8 Å². The molecule has 1 N–H and O–H groups in total. The number of sulfonamides is 1. The second kappa shape index (κ2) is 12.0. The average molecular weight is 566 g/mol. The maximum Gasteiger partial charge on any atom is 0.265 e. The number of hydrogen-bond donors (Lipinski definition) is 1. The van der Waals surface area contributed by atoms with Gasteiger partial charge in [0.05, 0.1) is 10.6 Å². The maximum absolute atomic E-state index is 13.7. The molecule has 3 aromatic rings. The van der Waals surface area contributed by atoms with Crippen molar-refractivity contribution in [3.63, 3.8) is 0 Å². The number of amides is 2. The number of anilines is 1. The molecule has 0 spiro atoms. The lowest BCUT2D eigenvalue weighted by Gasteiger charge is -2.33. The number of rotatable bonds is 10. The Morgan fingerprint density at radius 1 is 1.02 bits per heavy atom. The van der Waals surface area contributed by atoms with E-state index in [0.29, 0.717) is 23.9 Å². The van der Waals surface area contributed by atoms with E-state index in [9.17, 15) is 22.4 Å². The van der Waals surface area contributed by atoms with E-state index in [1.165, 1.54) is 22.9 Å². The summed E-state index contributed by atoms with van der Waals surface area (Å²) in [6.07, 6.45) is 6.01. The van der Waals surface area contributed by atoms with Crippen molar-refractivity contribution in [2.75, 3.05) is 10.8 Å². The van der Waals surface area contributed by atoms with Gasteiger partial charge in [0, 0.05) is 30.9 Å². The van der Waals surface area contributed by atoms with Crippen LogP contribution >= 0.6 is 0 Å². The van der Waals surface area contributed by atoms with Gasteiger partial charge < -0.3 is 10.2 Å². The Kier molecular flexibility index (Phi) is 8.40. The van der Waals surface area contributed by atoms with Gasteiger partial charge in [0.1, 0.15) is 11.9 Å². The van der Waals surface area contributed by atoms with Crippen LogP contribution in [0.3, 0.4) is 0 Å². The molecule has 7 nitrogen and oxygen atoms in total. The minimum atomic E-state index is -3.71. The quantitative estimate of drug-likeness (QED) is 0.351. The molecule has 1 aliphatic carbocycles. The molecule has 0 aromatic heterocycles. The SMILES string of the molecule is CC[C@@H](C(=O)NC1CCCCC1)N(Cc1ccc(F)cc1)C(=O)CCCN1c2cccc3cccc(c23)S1(=O)=O. The molecule has 2 amide bonds. The largest absolute Gasteiger partial charge is 0.352 e. The Morgan fingerprint density at radius 3 is 2.42 bits per heavy atom. The number of nitrogens with zero attached hydrogens (tertiary/aromatic N) is 2. The summed E-state index contributed by atoms with van der Waals surface area (Å²) in [5.41, 5.74) is 1.35. The first-order valence-electron chi connectivity index (χ1n) is 14.2. The molecular weight excluding hydrogens is 529 g/mol. The molecule has 1 atom stereocenters. The summed E-state index contributed by atoms with van der Waals surface area (Å²) in [5, 5.41) is 4.72. The van der Waals surface area contributed by atoms with Crippen LogP contribution in [0.25, 0.3) is 10.8 Å². The van der Waals surface area contributed by atoms with E-state index >= 15 is 0 Å². The van der Waals surface area contributed by atoms with Crippen molar-refractivity contribution in [3.05, 3.63) is 72.0 Å². The molecule has 0 bridgehead atoms. The molecule has 2 aliphatic rings. The third-order valence-electron chi connectivity index (χ3n) is 8.04. The second-order valence-corrected chi connectivity index (χ2v) is 12.6. The number of carbonyl (C=O) groups is 2. The molecule has 5 rings (SSSR count). The number of benzene rings is 3. The topological polar surface area (TPSA) is 86.8 Å². The van der Waals surface area contributed by atoms with Crippen LogP contribution < -0.4 is 9.62 Å². The first-order chi connectivity index (χ1) is 19.3. The predicted molar refractivity (Wildman–Crippen MR) is 154 cm³/mol. The van der Waals surface area contributed by atoms with Crippen LogP contribution in [0.2, 0.25) is 0 Å². The average Bonchev–Trinajstić information content (AvgIpc) is 3.17. The van der Waals surface area contributed by atoms with Crippen LogP contribution in [0.4, 0.5) is 10.1 Å². The maximum atomic E-state index is 13.7. The fraction of sp³-hybridized carbons (Fsp3) is 0.419. The highest BCUT2D eigenvalue weighted by molar-refractivity contribution is 7.93. The normalized spacial score (nSPS) is 17.1. The summed E-state index contributed by atoms with van der Waals surface area (Å²) in [5.74, 6) is -0.775. The van der Waals surface area contributed by atoms with E-state index in [1.54, 1.807) is 35.2 Å². The van der Waals surface area contributed by atoms with Crippen molar-refractivity contribution in [3.8, 4) is 0 Å². The van der Waals surface area contributed by atoms with Crippen molar-refractivity contribution < 1.29 is 22.4 Å². The van der Waals surface area contributed by atoms with Crippen LogP contribution in [0.15, 0.2) is 65.6 Å². The van der Waals surface area contributed by atoms with Gasteiger partial charge in [-0.15, -0.1) is 0 Å². The van der Waals surface area contributed by atoms with Crippen molar-refractivity contribution in [1.29, 1.82) is 0 Å². The van der Waals surface area contributed by atoms with Crippen LogP contribution in [-0.2, 0) is 26.2 Å². The van der Waals surface area contributed by atoms with Crippen LogP contribution in [-0.4, -0.2) is 43.8 Å². The molecule has 9 heteroatoms. The Morgan fingerprint density at radius 2 is 1.73 bits per heavy atom. The van der Waals surface area contributed by atoms with Gasteiger partial charge in [-0.05, 0) is 60.9 Å². The lowest BCUT2D eigenvalue weighted by molar-refractivity contribution is -0.141. The van der Waals surface area contributed by atoms with Crippen molar-refractivity contribution in [2.45, 2.75) is 81.8 Å². The Hall–Kier alpha value is -3.46. The number of hydrogen-bond acceptors (Lipinski definition) is 4. The molecule has 3 aromatic carbocycles. The monoisotopic (exact) mass is 565 g/mol. The van der Waals surface area contributed by atoms with Crippen molar-refractivity contribution in [2.24, 2.45) is 0 Å². The summed E-state index contributed by atoms with van der Waals surface area (Å²) < 4.78 is 41.6. The van der Waals surface area contributed by atoms with Crippen LogP contribution in [0.5, 0.6) is 0 Å². The number of halogens is 1. The van der Waals surface area contributed by atoms with Crippen molar-refractivity contribution in [1.82, 2.24) is 10.2 Å². The molecule has 40 heavy (non-hydrogen) atoms. The number of nitrogens with one attached hydrogen (secondary N) is 1. The first-order valence-corrected chi connectivity index (χ1v) is 15.6. The highest BCUT2D eigenvalue weighted by Crippen LogP contribution is 2.42. The number of carbonyl (C=O) groups excluding carboxylic acids is 2. The summed E-state index contributed by atoms with van der Waals surface area (Å²) >= 11 is 0. The Bertz CT molecular complexity index is 1480. The first kappa shape index (κ1) is 28.1. The van der Waals surface area contributed by atoms with Crippen molar-refractivity contribution >= 4 is 38.3 Å². The fourth-order valence-corrected chi connectivity index (χ4v) is 7.72. The smallest absolute Gasteiger partial charge is 0.265 e. The van der Waals surface area contributed by atoms with E-state index in [2.05, 4.69) is 5.32 Å². The molecule has 1 fully saturated rings. The molecule has 0 unspecified atom stereocenters. The zero-order chi connectivity index (χ0) is 28.3. The van der Waals surface area contributed by atoms with Gasteiger partial charge in [-0.1, -0.05) is 62.6 Å². The van der Waals surface area contributed by atoms with Gasteiger partial charge in [0.25, 0.3) is 10.0 Å². The third kappa shape index (κ3) is 5.70. The zero-order valence-electron chi connectivity index (χ0n) is 22.8. The molecule has 212 valence electrons. The van der Waals surface area contributed by atoms with Gasteiger partial charge in [-0.3, -0.25) is 13.9 Å². The Balaban J connectivity index is 1.31. The molecular formula is C31H36FN3O4S. The van der Waals surface area contributed by atoms with Gasteiger partial charge >= 0.3 is 0 Å². The lowest BCUT2D eigenvalue weighted by atomic mass is 9.95. The minimum absolute atomic E-state index is 0.0761. The van der Waals surface area contributed by atoms with E-state index in [4.69, 9.17) is 0 Å². The zero-order valence-corrected chi connectivity index (χ0v) is 23.6. The standard InChI is InChI=1S/C31H36FN3O4S/c1-2-26(31(37)33-25-11-4-3-5-12-25)34(21-22-16-18-24(32)19-17-22)29(36)15-8-20-35-27-13-6-9-23-10-7-14-28(30(23)27)40(35,38)39/h6-7,9-10,13-14,16-19,25-26H,2-5,8,11-12,15,20-21H2,1H3,(H,33,37)/t26-/m0/s1. The lowest BCUT2D eigenvalue weighted by Crippen LogP contribution is -2.51. The minimum Gasteiger partial charge on any atom is -0.352 e. The van der Waals surface area contributed by atoms with Gasteiger partial charge in [0.15, 0.2) is 0 Å². The van der Waals surface area contributed by atoms with Gasteiger partial charge in [0.2, 0.25) is 11.8 Å². The van der Waals surface area contributed by atoms with E-state index in [-0.39, 0.29) is 48.1 Å². The summed E-state index contributed by atoms with van der Waals surface area (Å²) in [6, 6.07) is 16.1. The molecule has 0 saturated heterocycles. The van der Waals surface area contributed by atoms with Crippen LogP contribution in [0.1, 0.15) is 63.9 Å². The second-order valence-electron chi connectivity index (χ2n) is 10.7. The molecule has 1 aliphatic heterocycles. The summed E-state index contributed by atoms with van der Waals surface area (Å²) in [4.78, 5) is 28.9. The Labute approximate surface area is 235 Å². The fourth-order valence-electron chi connectivity index (χ4n) is 5.97. The van der Waals surface area contributed by atoms with Gasteiger partial charge in [-0.2, -0.15) is 0 Å². The summed E-state index contributed by atoms with van der Waals surface area (Å²) in [6.45, 7) is 2.20. The summed E-state index contributed by atoms with van der Waals surface area (Å²) in [7, 11) is -3.71. The van der Waals surface area contributed by atoms with E-state index in [0.717, 1.165) is 36.6 Å². The predicted octanol–water partition coefficient (Wildman–Crippen LogP) is 5.52. The van der Waals surface area contributed by atoms with E-state index < -0.39 is 16.1 Å². The molecule has 1 saturated carbocycles. The van der Waals surface area contributed by atoms with Crippen LogP contribution in [0, 0.1) is 5.82 Å². The highest BCUT2D eigenvalue weighted by atomic mass is 32.2. The van der Waals surface area contributed by atoms with E-state index in [1.807, 2.05) is 25.1 Å². The highest BCUT2D eigenvalue weighted by Gasteiger charge is 2.36. The molecule has 0 radical (unpaired) electrons. The molecule has 1 heterocycles. The third-order valence-corrected chi connectivity index (χ3v) is 9.89.